The predicted molar refractivity (Wildman–Crippen MR) is 82.8 cm³/mol. The lowest BCUT2D eigenvalue weighted by molar-refractivity contribution is -0.385. The van der Waals surface area contributed by atoms with Crippen LogP contribution in [0.25, 0.3) is 0 Å². The number of nitrogens with one attached hydrogen (secondary N) is 1. The summed E-state index contributed by atoms with van der Waals surface area (Å²) < 4.78 is 0.518. The summed E-state index contributed by atoms with van der Waals surface area (Å²) in [5, 5.41) is 14.4. The van der Waals surface area contributed by atoms with Crippen LogP contribution in [0.15, 0.2) is 35.3 Å². The molecule has 20 heavy (non-hydrogen) atoms. The minimum Gasteiger partial charge on any atom is -0.314 e. The molecule has 0 saturated carbocycles. The van der Waals surface area contributed by atoms with E-state index in [0.29, 0.717) is 4.47 Å². The molecule has 0 bridgehead atoms. The third kappa shape index (κ3) is 3.45. The van der Waals surface area contributed by atoms with E-state index in [9.17, 15) is 10.1 Å². The Morgan fingerprint density at radius 1 is 1.50 bits per heavy atom. The molecule has 6 heteroatoms. The Balaban J connectivity index is 2.30. The summed E-state index contributed by atoms with van der Waals surface area (Å²) in [7, 11) is 0. The van der Waals surface area contributed by atoms with Gasteiger partial charge < -0.3 is 5.32 Å². The summed E-state index contributed by atoms with van der Waals surface area (Å²) in [6.07, 6.45) is 2.67. The highest BCUT2D eigenvalue weighted by Crippen LogP contribution is 2.32. The van der Waals surface area contributed by atoms with Crippen LogP contribution in [0.5, 0.6) is 0 Å². The van der Waals surface area contributed by atoms with Crippen LogP contribution < -0.4 is 5.32 Å². The fraction of sp³-hybridized carbons (Fsp3) is 0.429. The van der Waals surface area contributed by atoms with Gasteiger partial charge >= 0.3 is 0 Å². The molecule has 2 rings (SSSR count). The largest absolute Gasteiger partial charge is 0.314 e. The van der Waals surface area contributed by atoms with Gasteiger partial charge in [0.2, 0.25) is 0 Å². The molecule has 0 aliphatic carbocycles. The van der Waals surface area contributed by atoms with Gasteiger partial charge in [-0.1, -0.05) is 12.1 Å². The third-order valence-corrected chi connectivity index (χ3v) is 4.20. The van der Waals surface area contributed by atoms with Crippen LogP contribution in [0.4, 0.5) is 5.69 Å². The molecule has 0 radical (unpaired) electrons. The molecule has 1 saturated heterocycles. The first-order valence-corrected chi connectivity index (χ1v) is 7.42. The van der Waals surface area contributed by atoms with Gasteiger partial charge in [0.1, 0.15) is 0 Å². The first kappa shape index (κ1) is 15.2. The number of hydrogen-bond donors (Lipinski definition) is 1. The summed E-state index contributed by atoms with van der Waals surface area (Å²) in [6, 6.07) is 5.53. The van der Waals surface area contributed by atoms with Crippen molar-refractivity contribution in [2.45, 2.75) is 12.5 Å². The second-order valence-electron chi connectivity index (χ2n) is 4.79. The van der Waals surface area contributed by atoms with Crippen molar-refractivity contribution < 1.29 is 4.92 Å². The molecule has 0 unspecified atom stereocenters. The lowest BCUT2D eigenvalue weighted by atomic mass is 10.0. The second kappa shape index (κ2) is 6.97. The Hall–Kier alpha value is -1.24. The molecule has 1 aliphatic heterocycles. The average Bonchev–Trinajstić information content (AvgIpc) is 2.46. The Labute approximate surface area is 126 Å². The molecular formula is C14H18BrN3O2. The van der Waals surface area contributed by atoms with Crippen molar-refractivity contribution in [3.63, 3.8) is 0 Å². The fourth-order valence-corrected chi connectivity index (χ4v) is 2.92. The van der Waals surface area contributed by atoms with Crippen LogP contribution in [0.1, 0.15) is 18.0 Å². The Morgan fingerprint density at radius 3 is 2.80 bits per heavy atom. The molecule has 1 aliphatic rings. The summed E-state index contributed by atoms with van der Waals surface area (Å²) in [5.41, 5.74) is 1.09. The molecule has 0 aromatic heterocycles. The van der Waals surface area contributed by atoms with E-state index in [4.69, 9.17) is 0 Å². The number of nitro groups is 1. The molecule has 1 aromatic rings. The number of piperazine rings is 1. The standard InChI is InChI=1S/C14H18BrN3O2/c1-2-3-13(17-8-6-16-7-9-17)11-4-5-12(15)14(10-11)18(19)20/h2,4-5,10,13,16H,1,3,6-9H2/t13-/m0/s1. The molecule has 1 atom stereocenters. The van der Waals surface area contributed by atoms with Gasteiger partial charge in [-0.2, -0.15) is 0 Å². The number of rotatable bonds is 5. The van der Waals surface area contributed by atoms with Crippen molar-refractivity contribution >= 4 is 21.6 Å². The van der Waals surface area contributed by atoms with Gasteiger partial charge in [0.05, 0.1) is 9.40 Å². The van der Waals surface area contributed by atoms with E-state index in [1.807, 2.05) is 12.1 Å². The van der Waals surface area contributed by atoms with Gasteiger partial charge in [-0.15, -0.1) is 6.58 Å². The van der Waals surface area contributed by atoms with Crippen molar-refractivity contribution in [2.75, 3.05) is 26.2 Å². The van der Waals surface area contributed by atoms with Crippen LogP contribution in [-0.2, 0) is 0 Å². The topological polar surface area (TPSA) is 58.4 Å². The molecule has 1 aromatic carbocycles. The maximum atomic E-state index is 11.1. The molecule has 1 fully saturated rings. The van der Waals surface area contributed by atoms with Crippen molar-refractivity contribution in [2.24, 2.45) is 0 Å². The van der Waals surface area contributed by atoms with Gasteiger partial charge in [0, 0.05) is 38.3 Å². The number of nitro benzene ring substituents is 1. The first-order valence-electron chi connectivity index (χ1n) is 6.63. The van der Waals surface area contributed by atoms with E-state index < -0.39 is 0 Å². The zero-order chi connectivity index (χ0) is 14.5. The Bertz CT molecular complexity index is 501. The van der Waals surface area contributed by atoms with Crippen molar-refractivity contribution in [3.8, 4) is 0 Å². The summed E-state index contributed by atoms with van der Waals surface area (Å²) in [4.78, 5) is 13.1. The van der Waals surface area contributed by atoms with Crippen LogP contribution in [0.3, 0.4) is 0 Å². The fourth-order valence-electron chi connectivity index (χ4n) is 2.52. The zero-order valence-corrected chi connectivity index (χ0v) is 12.8. The minimum absolute atomic E-state index is 0.117. The maximum absolute atomic E-state index is 11.1. The molecule has 108 valence electrons. The van der Waals surface area contributed by atoms with Crippen molar-refractivity contribution in [1.29, 1.82) is 0 Å². The number of halogens is 1. The smallest absolute Gasteiger partial charge is 0.283 e. The highest BCUT2D eigenvalue weighted by molar-refractivity contribution is 9.10. The van der Waals surface area contributed by atoms with E-state index >= 15 is 0 Å². The maximum Gasteiger partial charge on any atom is 0.283 e. The highest BCUT2D eigenvalue weighted by Gasteiger charge is 2.23. The molecule has 1 N–H and O–H groups in total. The second-order valence-corrected chi connectivity index (χ2v) is 5.65. The van der Waals surface area contributed by atoms with E-state index in [2.05, 4.69) is 32.7 Å². The predicted octanol–water partition coefficient (Wildman–Crippen LogP) is 2.88. The van der Waals surface area contributed by atoms with Gasteiger partial charge in [-0.3, -0.25) is 15.0 Å². The van der Waals surface area contributed by atoms with Crippen LogP contribution >= 0.6 is 15.9 Å². The van der Waals surface area contributed by atoms with Crippen LogP contribution in [0, 0.1) is 10.1 Å². The lowest BCUT2D eigenvalue weighted by Crippen LogP contribution is -2.45. The normalized spacial score (nSPS) is 17.6. The minimum atomic E-state index is -0.351. The number of benzene rings is 1. The van der Waals surface area contributed by atoms with Crippen molar-refractivity contribution in [1.82, 2.24) is 10.2 Å². The molecule has 0 amide bonds. The SMILES string of the molecule is C=CC[C@@H](c1ccc(Br)c([N+](=O)[O-])c1)N1CCNCC1. The lowest BCUT2D eigenvalue weighted by Gasteiger charge is -2.34. The number of nitrogens with zero attached hydrogens (tertiary/aromatic N) is 2. The Morgan fingerprint density at radius 2 is 2.20 bits per heavy atom. The van der Waals surface area contributed by atoms with E-state index in [1.54, 1.807) is 12.1 Å². The zero-order valence-electron chi connectivity index (χ0n) is 11.2. The molecular weight excluding hydrogens is 322 g/mol. The van der Waals surface area contributed by atoms with Gasteiger partial charge in [0.25, 0.3) is 5.69 Å². The first-order chi connectivity index (χ1) is 9.63. The van der Waals surface area contributed by atoms with Gasteiger partial charge in [-0.05, 0) is 34.0 Å². The van der Waals surface area contributed by atoms with Gasteiger partial charge in [-0.25, -0.2) is 0 Å². The quantitative estimate of drug-likeness (QED) is 0.509. The number of hydrogen-bond acceptors (Lipinski definition) is 4. The van der Waals surface area contributed by atoms with Crippen molar-refractivity contribution in [3.05, 3.63) is 51.0 Å². The summed E-state index contributed by atoms with van der Waals surface area (Å²) in [5.74, 6) is 0. The van der Waals surface area contributed by atoms with Gasteiger partial charge in [0.15, 0.2) is 0 Å². The summed E-state index contributed by atoms with van der Waals surface area (Å²) in [6.45, 7) is 7.61. The molecule has 0 spiro atoms. The Kier molecular flexibility index (Phi) is 5.28. The van der Waals surface area contributed by atoms with Crippen LogP contribution in [0.2, 0.25) is 0 Å². The monoisotopic (exact) mass is 339 g/mol. The molecule has 5 nitrogen and oxygen atoms in total. The molecule has 1 heterocycles. The highest BCUT2D eigenvalue weighted by atomic mass is 79.9. The third-order valence-electron chi connectivity index (χ3n) is 3.53. The van der Waals surface area contributed by atoms with E-state index in [1.165, 1.54) is 0 Å². The van der Waals surface area contributed by atoms with E-state index in [-0.39, 0.29) is 16.7 Å². The average molecular weight is 340 g/mol. The van der Waals surface area contributed by atoms with Crippen LogP contribution in [-0.4, -0.2) is 36.0 Å². The van der Waals surface area contributed by atoms with E-state index in [0.717, 1.165) is 38.2 Å². The summed E-state index contributed by atoms with van der Waals surface area (Å²) >= 11 is 3.23.